The van der Waals surface area contributed by atoms with Crippen molar-refractivity contribution in [3.05, 3.63) is 217 Å². The summed E-state index contributed by atoms with van der Waals surface area (Å²) in [7, 11) is 0. The van der Waals surface area contributed by atoms with E-state index in [-0.39, 0.29) is 5.41 Å². The molecule has 0 amide bonds. The Bertz CT molecular complexity index is 2760. The van der Waals surface area contributed by atoms with E-state index in [0.717, 1.165) is 39.7 Å². The first-order chi connectivity index (χ1) is 26.4. The van der Waals surface area contributed by atoms with E-state index in [0.29, 0.717) is 0 Å². The Morgan fingerprint density at radius 3 is 1.67 bits per heavy atom. The van der Waals surface area contributed by atoms with Crippen molar-refractivity contribution in [1.82, 2.24) is 0 Å². The Balaban J connectivity index is 1.25. The zero-order valence-corrected chi connectivity index (χ0v) is 31.0. The summed E-state index contributed by atoms with van der Waals surface area (Å²) in [6.45, 7) is 11.6. The van der Waals surface area contributed by atoms with Gasteiger partial charge in [0, 0.05) is 38.6 Å². The van der Waals surface area contributed by atoms with Crippen LogP contribution in [0.2, 0.25) is 0 Å². The number of hydrogen-bond acceptors (Lipinski definition) is 2. The first-order valence-corrected chi connectivity index (χ1v) is 18.7. The standard InChI is InChI=1S/C52H42N2/c1-36(53(40-23-7-5-8-24-40)48-31-17-21-38-19-11-13-27-43(38)48)33-34-42-37(2)52(3,4)47-35-50(45-29-15-16-30-46(45)51(42)47)54(41-25-9-6-10-26-41)49-32-18-22-39-20-12-14-28-44(39)49/h5-35H,2H2,1,3-4H3/b36-33+,42-34+. The lowest BCUT2D eigenvalue weighted by Crippen LogP contribution is -2.16. The van der Waals surface area contributed by atoms with Crippen molar-refractivity contribution in [1.29, 1.82) is 0 Å². The van der Waals surface area contributed by atoms with Crippen molar-refractivity contribution in [3.63, 3.8) is 0 Å². The highest BCUT2D eigenvalue weighted by Crippen LogP contribution is 2.55. The maximum atomic E-state index is 4.80. The van der Waals surface area contributed by atoms with Gasteiger partial charge < -0.3 is 9.80 Å². The van der Waals surface area contributed by atoms with Crippen LogP contribution in [0.1, 0.15) is 31.9 Å². The molecule has 2 heteroatoms. The zero-order chi connectivity index (χ0) is 36.8. The van der Waals surface area contributed by atoms with Crippen LogP contribution in [0, 0.1) is 0 Å². The van der Waals surface area contributed by atoms with Gasteiger partial charge in [-0.3, -0.25) is 0 Å². The lowest BCUT2D eigenvalue weighted by atomic mass is 9.82. The van der Waals surface area contributed by atoms with Crippen molar-refractivity contribution in [3.8, 4) is 0 Å². The first kappa shape index (κ1) is 33.2. The third-order valence-corrected chi connectivity index (χ3v) is 11.2. The summed E-state index contributed by atoms with van der Waals surface area (Å²) >= 11 is 0. The minimum atomic E-state index is -0.294. The minimum absolute atomic E-state index is 0.294. The number of allylic oxidation sites excluding steroid dienone is 5. The average molecular weight is 695 g/mol. The van der Waals surface area contributed by atoms with Crippen LogP contribution in [0.25, 0.3) is 37.9 Å². The molecule has 0 saturated heterocycles. The Hall–Kier alpha value is -6.64. The smallest absolute Gasteiger partial charge is 0.0543 e. The van der Waals surface area contributed by atoms with Crippen LogP contribution >= 0.6 is 0 Å². The van der Waals surface area contributed by atoms with E-state index in [4.69, 9.17) is 6.58 Å². The van der Waals surface area contributed by atoms with E-state index >= 15 is 0 Å². The maximum absolute atomic E-state index is 4.80. The second-order valence-corrected chi connectivity index (χ2v) is 14.7. The molecular weight excluding hydrogens is 653 g/mol. The topological polar surface area (TPSA) is 6.48 Å². The number of hydrogen-bond donors (Lipinski definition) is 0. The van der Waals surface area contributed by atoms with Crippen LogP contribution < -0.4 is 9.80 Å². The van der Waals surface area contributed by atoms with Crippen molar-refractivity contribution in [2.45, 2.75) is 26.2 Å². The molecule has 0 N–H and O–H groups in total. The van der Waals surface area contributed by atoms with Crippen LogP contribution in [0.5, 0.6) is 0 Å². The molecule has 0 fully saturated rings. The van der Waals surface area contributed by atoms with Crippen molar-refractivity contribution < 1.29 is 0 Å². The molecule has 0 atom stereocenters. The Morgan fingerprint density at radius 1 is 0.519 bits per heavy atom. The van der Waals surface area contributed by atoms with Crippen LogP contribution in [-0.4, -0.2) is 0 Å². The van der Waals surface area contributed by atoms with Gasteiger partial charge in [0.1, 0.15) is 0 Å². The fraction of sp³-hybridized carbons (Fsp3) is 0.0769. The van der Waals surface area contributed by atoms with E-state index in [2.05, 4.69) is 219 Å². The molecule has 0 bridgehead atoms. The molecule has 54 heavy (non-hydrogen) atoms. The third kappa shape index (κ3) is 5.50. The van der Waals surface area contributed by atoms with Gasteiger partial charge in [0.2, 0.25) is 0 Å². The lowest BCUT2D eigenvalue weighted by Gasteiger charge is -2.30. The zero-order valence-electron chi connectivity index (χ0n) is 31.0. The molecule has 0 heterocycles. The first-order valence-electron chi connectivity index (χ1n) is 18.7. The van der Waals surface area contributed by atoms with Gasteiger partial charge in [-0.25, -0.2) is 0 Å². The molecule has 0 saturated carbocycles. The number of fused-ring (bicyclic) bond motifs is 5. The molecule has 0 radical (unpaired) electrons. The summed E-state index contributed by atoms with van der Waals surface area (Å²) in [6.07, 6.45) is 4.58. The van der Waals surface area contributed by atoms with Crippen LogP contribution in [-0.2, 0) is 5.41 Å². The Labute approximate surface area is 318 Å². The SMILES string of the molecule is C=C1/C(=C\C=C(/C)N(c2ccccc2)c2cccc3ccccc23)c2c(cc(N(c3ccccc3)c3cccc4ccccc34)c3ccccc23)C1(C)C. The number of para-hydroxylation sites is 2. The minimum Gasteiger partial charge on any atom is -0.314 e. The average Bonchev–Trinajstić information content (AvgIpc) is 3.41. The second kappa shape index (κ2) is 13.4. The van der Waals surface area contributed by atoms with Gasteiger partial charge in [0.05, 0.1) is 17.1 Å². The molecular formula is C52H42N2. The monoisotopic (exact) mass is 694 g/mol. The van der Waals surface area contributed by atoms with Gasteiger partial charge in [0.25, 0.3) is 0 Å². The highest BCUT2D eigenvalue weighted by Gasteiger charge is 2.39. The van der Waals surface area contributed by atoms with Gasteiger partial charge in [-0.05, 0) is 93.9 Å². The van der Waals surface area contributed by atoms with E-state index in [9.17, 15) is 0 Å². The predicted molar refractivity (Wildman–Crippen MR) is 233 cm³/mol. The molecule has 1 aliphatic rings. The van der Waals surface area contributed by atoms with E-state index in [1.165, 1.54) is 49.0 Å². The van der Waals surface area contributed by atoms with E-state index < -0.39 is 0 Å². The molecule has 9 rings (SSSR count). The summed E-state index contributed by atoms with van der Waals surface area (Å²) in [4.78, 5) is 4.81. The van der Waals surface area contributed by atoms with Crippen molar-refractivity contribution in [2.24, 2.45) is 0 Å². The molecule has 0 aliphatic heterocycles. The van der Waals surface area contributed by atoms with Gasteiger partial charge in [-0.1, -0.05) is 160 Å². The van der Waals surface area contributed by atoms with Gasteiger partial charge in [-0.15, -0.1) is 0 Å². The van der Waals surface area contributed by atoms with E-state index in [1.807, 2.05) is 0 Å². The third-order valence-electron chi connectivity index (χ3n) is 11.2. The fourth-order valence-electron chi connectivity index (χ4n) is 8.34. The Kier molecular flexibility index (Phi) is 8.24. The fourth-order valence-corrected chi connectivity index (χ4v) is 8.34. The molecule has 260 valence electrons. The molecule has 0 unspecified atom stereocenters. The largest absolute Gasteiger partial charge is 0.314 e. The normalized spacial score (nSPS) is 14.5. The van der Waals surface area contributed by atoms with Crippen LogP contribution in [0.15, 0.2) is 206 Å². The number of nitrogens with zero attached hydrogens (tertiary/aromatic N) is 2. The second-order valence-electron chi connectivity index (χ2n) is 14.7. The van der Waals surface area contributed by atoms with Crippen molar-refractivity contribution in [2.75, 3.05) is 9.80 Å². The summed E-state index contributed by atoms with van der Waals surface area (Å²) in [5, 5.41) is 7.30. The summed E-state index contributed by atoms with van der Waals surface area (Å²) in [5.41, 5.74) is 11.4. The summed E-state index contributed by atoms with van der Waals surface area (Å²) in [5.74, 6) is 0. The number of benzene rings is 8. The summed E-state index contributed by atoms with van der Waals surface area (Å²) < 4.78 is 0. The molecule has 0 spiro atoms. The highest BCUT2D eigenvalue weighted by atomic mass is 15.2. The van der Waals surface area contributed by atoms with Gasteiger partial charge >= 0.3 is 0 Å². The maximum Gasteiger partial charge on any atom is 0.0543 e. The lowest BCUT2D eigenvalue weighted by molar-refractivity contribution is 0.663. The highest BCUT2D eigenvalue weighted by molar-refractivity contribution is 6.11. The molecule has 0 aromatic heterocycles. The van der Waals surface area contributed by atoms with Crippen molar-refractivity contribution >= 4 is 66.3 Å². The molecule has 8 aromatic rings. The number of rotatable bonds is 7. The van der Waals surface area contributed by atoms with Gasteiger partial charge in [0.15, 0.2) is 0 Å². The van der Waals surface area contributed by atoms with Crippen LogP contribution in [0.3, 0.4) is 0 Å². The summed E-state index contributed by atoms with van der Waals surface area (Å²) in [6, 6.07) is 63.2. The van der Waals surface area contributed by atoms with Gasteiger partial charge in [-0.2, -0.15) is 0 Å². The van der Waals surface area contributed by atoms with Crippen LogP contribution in [0.4, 0.5) is 28.4 Å². The quantitative estimate of drug-likeness (QED) is 0.164. The molecule has 2 nitrogen and oxygen atoms in total. The molecule has 1 aliphatic carbocycles. The molecule has 8 aromatic carbocycles. The predicted octanol–water partition coefficient (Wildman–Crippen LogP) is 14.6. The Morgan fingerprint density at radius 2 is 1.02 bits per heavy atom. The van der Waals surface area contributed by atoms with E-state index in [1.54, 1.807) is 0 Å². The number of anilines is 5.